The van der Waals surface area contributed by atoms with E-state index in [0.29, 0.717) is 5.75 Å². The monoisotopic (exact) mass is 327 g/mol. The minimum Gasteiger partial charge on any atom is -0.494 e. The molecular formula is C14H12F3N3O3. The standard InChI is InChI=1S/C14H12F3N3O3/c1-22-8-5-18-12(19-6-8)13(21)20-7-9-10(15)3-2-4-11(9)23-14(16)17/h2-6,14H,7H2,1H3,(H,20,21). The van der Waals surface area contributed by atoms with Crippen molar-refractivity contribution >= 4 is 5.91 Å². The minimum absolute atomic E-state index is 0.168. The predicted octanol–water partition coefficient (Wildman–Crippen LogP) is 2.16. The molecule has 1 N–H and O–H groups in total. The lowest BCUT2D eigenvalue weighted by atomic mass is 10.2. The summed E-state index contributed by atoms with van der Waals surface area (Å²) in [5.74, 6) is -1.63. The van der Waals surface area contributed by atoms with Crippen molar-refractivity contribution in [1.82, 2.24) is 15.3 Å². The summed E-state index contributed by atoms with van der Waals surface area (Å²) >= 11 is 0. The van der Waals surface area contributed by atoms with Crippen molar-refractivity contribution in [2.24, 2.45) is 0 Å². The third-order valence-electron chi connectivity index (χ3n) is 2.78. The van der Waals surface area contributed by atoms with Gasteiger partial charge in [0.2, 0.25) is 5.82 Å². The second kappa shape index (κ2) is 7.43. The van der Waals surface area contributed by atoms with Gasteiger partial charge in [-0.3, -0.25) is 4.79 Å². The summed E-state index contributed by atoms with van der Waals surface area (Å²) < 4.78 is 47.4. The van der Waals surface area contributed by atoms with Gasteiger partial charge in [-0.15, -0.1) is 0 Å². The molecule has 9 heteroatoms. The number of ether oxygens (including phenoxy) is 2. The van der Waals surface area contributed by atoms with Crippen molar-refractivity contribution in [3.8, 4) is 11.5 Å². The Morgan fingerprint density at radius 3 is 2.61 bits per heavy atom. The van der Waals surface area contributed by atoms with Gasteiger partial charge in [0.25, 0.3) is 5.91 Å². The first-order valence-corrected chi connectivity index (χ1v) is 6.37. The average molecular weight is 327 g/mol. The van der Waals surface area contributed by atoms with Gasteiger partial charge in [0.1, 0.15) is 11.6 Å². The number of nitrogens with one attached hydrogen (secondary N) is 1. The lowest BCUT2D eigenvalue weighted by Crippen LogP contribution is -2.25. The number of hydrogen-bond donors (Lipinski definition) is 1. The molecule has 0 aliphatic heterocycles. The molecule has 1 aromatic carbocycles. The molecule has 1 aromatic heterocycles. The van der Waals surface area contributed by atoms with Gasteiger partial charge in [-0.1, -0.05) is 6.07 Å². The van der Waals surface area contributed by atoms with Crippen LogP contribution in [0.5, 0.6) is 11.5 Å². The van der Waals surface area contributed by atoms with Crippen LogP contribution < -0.4 is 14.8 Å². The quantitative estimate of drug-likeness (QED) is 0.880. The summed E-state index contributed by atoms with van der Waals surface area (Å²) in [5.41, 5.74) is -0.199. The zero-order valence-electron chi connectivity index (χ0n) is 11.9. The highest BCUT2D eigenvalue weighted by Gasteiger charge is 2.16. The van der Waals surface area contributed by atoms with E-state index in [2.05, 4.69) is 20.0 Å². The molecular weight excluding hydrogens is 315 g/mol. The predicted molar refractivity (Wildman–Crippen MR) is 72.8 cm³/mol. The topological polar surface area (TPSA) is 73.3 Å². The van der Waals surface area contributed by atoms with Gasteiger partial charge in [0.05, 0.1) is 19.5 Å². The summed E-state index contributed by atoms with van der Waals surface area (Å²) in [6.07, 6.45) is 2.58. The number of methoxy groups -OCH3 is 1. The molecule has 0 aliphatic rings. The second-order valence-electron chi connectivity index (χ2n) is 4.22. The molecule has 1 heterocycles. The van der Waals surface area contributed by atoms with Crippen molar-refractivity contribution in [1.29, 1.82) is 0 Å². The van der Waals surface area contributed by atoms with Crippen LogP contribution in [0, 0.1) is 5.82 Å². The van der Waals surface area contributed by atoms with Crippen LogP contribution in [0.25, 0.3) is 0 Å². The highest BCUT2D eigenvalue weighted by molar-refractivity contribution is 5.90. The number of benzene rings is 1. The fraction of sp³-hybridized carbons (Fsp3) is 0.214. The average Bonchev–Trinajstić information content (AvgIpc) is 2.53. The van der Waals surface area contributed by atoms with E-state index in [1.165, 1.54) is 31.6 Å². The molecule has 0 radical (unpaired) electrons. The summed E-state index contributed by atoms with van der Waals surface area (Å²) in [6, 6.07) is 3.48. The Morgan fingerprint density at radius 1 is 1.30 bits per heavy atom. The number of carbonyl (C=O) groups excluding carboxylic acids is 1. The Bertz CT molecular complexity index is 681. The van der Waals surface area contributed by atoms with Gasteiger partial charge in [-0.25, -0.2) is 14.4 Å². The molecule has 23 heavy (non-hydrogen) atoms. The van der Waals surface area contributed by atoms with Crippen molar-refractivity contribution in [2.75, 3.05) is 7.11 Å². The SMILES string of the molecule is COc1cnc(C(=O)NCc2c(F)cccc2OC(F)F)nc1. The third-order valence-corrected chi connectivity index (χ3v) is 2.78. The number of nitrogens with zero attached hydrogens (tertiary/aromatic N) is 2. The molecule has 0 spiro atoms. The zero-order valence-corrected chi connectivity index (χ0v) is 11.9. The van der Waals surface area contributed by atoms with E-state index in [-0.39, 0.29) is 23.7 Å². The fourth-order valence-electron chi connectivity index (χ4n) is 1.70. The maximum atomic E-state index is 13.7. The lowest BCUT2D eigenvalue weighted by Gasteiger charge is -2.12. The smallest absolute Gasteiger partial charge is 0.387 e. The van der Waals surface area contributed by atoms with Crippen molar-refractivity contribution in [3.63, 3.8) is 0 Å². The Balaban J connectivity index is 2.09. The Hall–Kier alpha value is -2.84. The van der Waals surface area contributed by atoms with E-state index in [0.717, 1.165) is 6.07 Å². The number of carbonyl (C=O) groups is 1. The lowest BCUT2D eigenvalue weighted by molar-refractivity contribution is -0.0506. The van der Waals surface area contributed by atoms with Crippen LogP contribution in [0.3, 0.4) is 0 Å². The van der Waals surface area contributed by atoms with Crippen LogP contribution in [0.4, 0.5) is 13.2 Å². The number of alkyl halides is 2. The van der Waals surface area contributed by atoms with E-state index in [9.17, 15) is 18.0 Å². The molecule has 0 aliphatic carbocycles. The molecule has 0 fully saturated rings. The van der Waals surface area contributed by atoms with Crippen LogP contribution in [0.2, 0.25) is 0 Å². The van der Waals surface area contributed by atoms with Crippen LogP contribution in [0.15, 0.2) is 30.6 Å². The van der Waals surface area contributed by atoms with E-state index < -0.39 is 18.3 Å². The highest BCUT2D eigenvalue weighted by Crippen LogP contribution is 2.23. The summed E-state index contributed by atoms with van der Waals surface area (Å²) in [5, 5.41) is 2.34. The molecule has 0 saturated heterocycles. The molecule has 0 bridgehead atoms. The maximum absolute atomic E-state index is 13.7. The molecule has 0 saturated carbocycles. The molecule has 2 aromatic rings. The Kier molecular flexibility index (Phi) is 5.34. The molecule has 2 rings (SSSR count). The van der Waals surface area contributed by atoms with Crippen LogP contribution in [-0.2, 0) is 6.54 Å². The van der Waals surface area contributed by atoms with E-state index in [1.807, 2.05) is 0 Å². The van der Waals surface area contributed by atoms with Crippen LogP contribution in [0.1, 0.15) is 16.2 Å². The number of aromatic nitrogens is 2. The number of halogens is 3. The Labute approximate surface area is 129 Å². The normalized spacial score (nSPS) is 10.5. The highest BCUT2D eigenvalue weighted by atomic mass is 19.3. The number of hydrogen-bond acceptors (Lipinski definition) is 5. The minimum atomic E-state index is -3.10. The van der Waals surface area contributed by atoms with Crippen molar-refractivity contribution < 1.29 is 27.4 Å². The Morgan fingerprint density at radius 2 is 2.00 bits per heavy atom. The molecule has 122 valence electrons. The second-order valence-corrected chi connectivity index (χ2v) is 4.22. The van der Waals surface area contributed by atoms with Gasteiger partial charge in [-0.05, 0) is 12.1 Å². The fourth-order valence-corrected chi connectivity index (χ4v) is 1.70. The van der Waals surface area contributed by atoms with E-state index in [4.69, 9.17) is 4.74 Å². The summed E-state index contributed by atoms with van der Waals surface area (Å²) in [7, 11) is 1.42. The van der Waals surface area contributed by atoms with Crippen LogP contribution in [-0.4, -0.2) is 29.6 Å². The van der Waals surface area contributed by atoms with E-state index >= 15 is 0 Å². The molecule has 6 nitrogen and oxygen atoms in total. The first-order valence-electron chi connectivity index (χ1n) is 6.37. The first-order chi connectivity index (χ1) is 11.0. The molecule has 1 amide bonds. The zero-order chi connectivity index (χ0) is 16.8. The first kappa shape index (κ1) is 16.5. The molecule has 0 unspecified atom stereocenters. The van der Waals surface area contributed by atoms with Gasteiger partial charge < -0.3 is 14.8 Å². The van der Waals surface area contributed by atoms with Gasteiger partial charge in [0.15, 0.2) is 5.75 Å². The summed E-state index contributed by atoms with van der Waals surface area (Å²) in [4.78, 5) is 19.4. The largest absolute Gasteiger partial charge is 0.494 e. The van der Waals surface area contributed by atoms with Gasteiger partial charge >= 0.3 is 6.61 Å². The molecule has 0 atom stereocenters. The third kappa shape index (κ3) is 4.31. The van der Waals surface area contributed by atoms with Crippen molar-refractivity contribution in [3.05, 3.63) is 47.8 Å². The number of amides is 1. The van der Waals surface area contributed by atoms with E-state index in [1.54, 1.807) is 0 Å². The number of rotatable bonds is 6. The van der Waals surface area contributed by atoms with Crippen molar-refractivity contribution in [2.45, 2.75) is 13.2 Å². The van der Waals surface area contributed by atoms with Gasteiger partial charge in [-0.2, -0.15) is 8.78 Å². The van der Waals surface area contributed by atoms with Crippen LogP contribution >= 0.6 is 0 Å². The van der Waals surface area contributed by atoms with Gasteiger partial charge in [0, 0.05) is 12.1 Å². The summed E-state index contributed by atoms with van der Waals surface area (Å²) in [6.45, 7) is -3.46. The maximum Gasteiger partial charge on any atom is 0.387 e.